The van der Waals surface area contributed by atoms with Gasteiger partial charge in [0.15, 0.2) is 0 Å². The molecule has 1 saturated heterocycles. The van der Waals surface area contributed by atoms with Gasteiger partial charge < -0.3 is 0 Å². The van der Waals surface area contributed by atoms with Gasteiger partial charge in [-0.3, -0.25) is 0 Å². The van der Waals surface area contributed by atoms with Gasteiger partial charge in [-0.05, 0) is 0 Å². The van der Waals surface area contributed by atoms with Gasteiger partial charge >= 0.3 is 108 Å². The number of likely N-dealkylation sites (N-methyl/N-ethyl adjacent to an activating group) is 1. The van der Waals surface area contributed by atoms with Crippen LogP contribution in [0.2, 0.25) is 0 Å². The first-order valence-corrected chi connectivity index (χ1v) is 7.22. The average molecular weight is 337 g/mol. The molecule has 2 N–H and O–H groups in total. The molecule has 1 unspecified atom stereocenters. The molecule has 0 aromatic rings. The SMILES string of the molecule is C=C/C=C\C(=C(/C)OCC1CO1)N(C)[I-]N. The standard InChI is InChI=1S/C11H18IN2O2/c1-4-5-6-11(14(3)12-13)9(2)15-7-10-8-16-10/h4-6,10H,1,7-8,13H2,2-3H3/q-1/b6-5-,11-9-. The van der Waals surface area contributed by atoms with Crippen LogP contribution in [0.5, 0.6) is 0 Å². The Kier molecular flexibility index (Phi) is 5.86. The normalized spacial score (nSPS) is 20.8. The van der Waals surface area contributed by atoms with Gasteiger partial charge in [-0.1, -0.05) is 0 Å². The van der Waals surface area contributed by atoms with Crippen molar-refractivity contribution in [1.29, 1.82) is 0 Å². The second-order valence-corrected chi connectivity index (χ2v) is 5.38. The molecule has 0 amide bonds. The van der Waals surface area contributed by atoms with Gasteiger partial charge in [-0.15, -0.1) is 0 Å². The summed E-state index contributed by atoms with van der Waals surface area (Å²) in [5, 5.41) is 0. The maximum atomic E-state index is 5.71. The third-order valence-corrected chi connectivity index (χ3v) is 3.47. The van der Waals surface area contributed by atoms with Crippen LogP contribution in [-0.4, -0.2) is 29.5 Å². The Bertz CT molecular complexity index is 298. The summed E-state index contributed by atoms with van der Waals surface area (Å²) < 4.78 is 18.5. The van der Waals surface area contributed by atoms with E-state index in [0.717, 1.165) is 18.1 Å². The fraction of sp³-hybridized carbons (Fsp3) is 0.455. The molecule has 1 atom stereocenters. The Balaban J connectivity index is 2.64. The van der Waals surface area contributed by atoms with Crippen molar-refractivity contribution in [1.82, 2.24) is 3.11 Å². The molecule has 0 aromatic carbocycles. The van der Waals surface area contributed by atoms with Crippen LogP contribution in [0.3, 0.4) is 0 Å². The molecule has 1 aliphatic rings. The van der Waals surface area contributed by atoms with Crippen LogP contribution < -0.4 is 25.7 Å². The summed E-state index contributed by atoms with van der Waals surface area (Å²) in [6, 6.07) is 0. The summed E-state index contributed by atoms with van der Waals surface area (Å²) >= 11 is -0.480. The molecule has 0 radical (unpaired) electrons. The van der Waals surface area contributed by atoms with E-state index in [0.29, 0.717) is 6.61 Å². The first-order chi connectivity index (χ1) is 7.69. The van der Waals surface area contributed by atoms with Crippen LogP contribution in [-0.2, 0) is 9.47 Å². The molecule has 0 aromatic heterocycles. The molecule has 1 fully saturated rings. The molecule has 1 heterocycles. The predicted molar refractivity (Wildman–Crippen MR) is 59.7 cm³/mol. The third-order valence-electron chi connectivity index (χ3n) is 2.12. The first-order valence-electron chi connectivity index (χ1n) is 5.01. The fourth-order valence-electron chi connectivity index (χ4n) is 1.10. The van der Waals surface area contributed by atoms with Crippen molar-refractivity contribution in [2.75, 3.05) is 20.3 Å². The molecule has 92 valence electrons. The molecule has 0 bridgehead atoms. The maximum absolute atomic E-state index is 5.71. The molecule has 0 saturated carbocycles. The second-order valence-electron chi connectivity index (χ2n) is 3.38. The molecule has 4 nitrogen and oxygen atoms in total. The quantitative estimate of drug-likeness (QED) is 0.196. The number of nitrogens with two attached hydrogens (primary N) is 1. The van der Waals surface area contributed by atoms with E-state index in [1.807, 2.05) is 29.2 Å². The minimum absolute atomic E-state index is 0.275. The molecule has 1 rings (SSSR count). The molecule has 0 aliphatic carbocycles. The predicted octanol–water partition coefficient (Wildman–Crippen LogP) is -1.81. The van der Waals surface area contributed by atoms with E-state index >= 15 is 0 Å². The number of rotatable bonds is 7. The summed E-state index contributed by atoms with van der Waals surface area (Å²) in [5.41, 5.74) is 1.01. The van der Waals surface area contributed by atoms with Crippen LogP contribution in [0, 0.1) is 0 Å². The monoisotopic (exact) mass is 337 g/mol. The topological polar surface area (TPSA) is 51.0 Å². The Labute approximate surface area is 108 Å². The van der Waals surface area contributed by atoms with Crippen LogP contribution in [0.4, 0.5) is 0 Å². The molecular weight excluding hydrogens is 319 g/mol. The molecular formula is C11H18IN2O2-. The third kappa shape index (κ3) is 4.54. The van der Waals surface area contributed by atoms with Crippen molar-refractivity contribution in [3.8, 4) is 0 Å². The summed E-state index contributed by atoms with van der Waals surface area (Å²) in [4.78, 5) is 0. The van der Waals surface area contributed by atoms with Crippen LogP contribution in [0.1, 0.15) is 6.92 Å². The Morgan fingerprint density at radius 1 is 1.75 bits per heavy atom. The van der Waals surface area contributed by atoms with Crippen molar-refractivity contribution in [3.05, 3.63) is 36.3 Å². The molecule has 1 aliphatic heterocycles. The van der Waals surface area contributed by atoms with E-state index < -0.39 is 21.8 Å². The number of halogens is 1. The van der Waals surface area contributed by atoms with E-state index in [9.17, 15) is 0 Å². The van der Waals surface area contributed by atoms with E-state index in [1.165, 1.54) is 0 Å². The summed E-state index contributed by atoms with van der Waals surface area (Å²) in [5.74, 6) is 0.876. The van der Waals surface area contributed by atoms with Crippen LogP contribution in [0.25, 0.3) is 0 Å². The van der Waals surface area contributed by atoms with E-state index in [-0.39, 0.29) is 6.10 Å². The van der Waals surface area contributed by atoms with Crippen LogP contribution >= 0.6 is 0 Å². The van der Waals surface area contributed by atoms with Gasteiger partial charge in [0.1, 0.15) is 0 Å². The summed E-state index contributed by atoms with van der Waals surface area (Å²) in [6.07, 6.45) is 5.85. The van der Waals surface area contributed by atoms with E-state index in [4.69, 9.17) is 13.4 Å². The zero-order valence-electron chi connectivity index (χ0n) is 9.65. The number of epoxide rings is 1. The number of ether oxygens (including phenoxy) is 2. The number of hydrogen-bond acceptors (Lipinski definition) is 4. The molecule has 5 heteroatoms. The number of allylic oxidation sites excluding steroid dienone is 4. The number of nitrogens with zero attached hydrogens (tertiary/aromatic N) is 1. The van der Waals surface area contributed by atoms with Crippen molar-refractivity contribution >= 4 is 0 Å². The van der Waals surface area contributed by atoms with Gasteiger partial charge in [0.25, 0.3) is 0 Å². The minimum atomic E-state index is -0.480. The molecule has 16 heavy (non-hydrogen) atoms. The van der Waals surface area contributed by atoms with Gasteiger partial charge in [0.2, 0.25) is 0 Å². The van der Waals surface area contributed by atoms with Crippen molar-refractivity contribution < 1.29 is 31.2 Å². The Morgan fingerprint density at radius 3 is 2.94 bits per heavy atom. The Morgan fingerprint density at radius 2 is 2.44 bits per heavy atom. The Hall–Kier alpha value is -0.530. The average Bonchev–Trinajstić information content (AvgIpc) is 3.10. The van der Waals surface area contributed by atoms with Gasteiger partial charge in [0, 0.05) is 0 Å². The van der Waals surface area contributed by atoms with Crippen molar-refractivity contribution in [2.45, 2.75) is 13.0 Å². The first kappa shape index (κ1) is 13.5. The zero-order chi connectivity index (χ0) is 12.0. The van der Waals surface area contributed by atoms with Gasteiger partial charge in [0.05, 0.1) is 0 Å². The van der Waals surface area contributed by atoms with Gasteiger partial charge in [-0.25, -0.2) is 0 Å². The zero-order valence-corrected chi connectivity index (χ0v) is 11.8. The summed E-state index contributed by atoms with van der Waals surface area (Å²) in [6.45, 7) is 7.03. The van der Waals surface area contributed by atoms with Crippen LogP contribution in [0.15, 0.2) is 36.3 Å². The van der Waals surface area contributed by atoms with Crippen molar-refractivity contribution in [3.63, 3.8) is 0 Å². The van der Waals surface area contributed by atoms with E-state index in [1.54, 1.807) is 6.08 Å². The number of hydrogen-bond donors (Lipinski definition) is 1. The molecule has 0 spiro atoms. The fourth-order valence-corrected chi connectivity index (χ4v) is 1.91. The second kappa shape index (κ2) is 6.93. The van der Waals surface area contributed by atoms with Gasteiger partial charge in [-0.2, -0.15) is 0 Å². The van der Waals surface area contributed by atoms with Crippen molar-refractivity contribution in [2.24, 2.45) is 3.95 Å². The summed E-state index contributed by atoms with van der Waals surface area (Å²) in [7, 11) is 1.97. The van der Waals surface area contributed by atoms with E-state index in [2.05, 4.69) is 6.58 Å².